The molecule has 275 valence electrons. The van der Waals surface area contributed by atoms with E-state index < -0.39 is 0 Å². The number of hydrogen-bond donors (Lipinski definition) is 2. The van der Waals surface area contributed by atoms with Crippen LogP contribution in [0.3, 0.4) is 0 Å². The van der Waals surface area contributed by atoms with Crippen LogP contribution in [0.5, 0.6) is 23.0 Å². The molecule has 2 heterocycles. The van der Waals surface area contributed by atoms with Crippen LogP contribution >= 0.6 is 0 Å². The molecule has 2 unspecified atom stereocenters. The van der Waals surface area contributed by atoms with Crippen LogP contribution in [0.4, 0.5) is 0 Å². The van der Waals surface area contributed by atoms with Crippen molar-refractivity contribution in [2.75, 3.05) is 0 Å². The Morgan fingerprint density at radius 2 is 0.875 bits per heavy atom. The fourth-order valence-electron chi connectivity index (χ4n) is 6.81. The van der Waals surface area contributed by atoms with Gasteiger partial charge in [0.15, 0.2) is 0 Å². The normalized spacial score (nSPS) is 13.0. The third-order valence-corrected chi connectivity index (χ3v) is 12.0. The second kappa shape index (κ2) is 16.3. The Kier molecular flexibility index (Phi) is 10.7. The molecule has 2 N–H and O–H groups in total. The van der Waals surface area contributed by atoms with Gasteiger partial charge in [-0.3, -0.25) is 0 Å². The SMILES string of the molecule is CCC(NC(=O)c1cccc2nc3cccc(Oc4ccccc4)c3nc12)[CH]([Sn])C(CC)NC(=O)c1cccc2nc3cccc(Oc4ccccc4)c3nc12. The predicted octanol–water partition coefficient (Wildman–Crippen LogP) is 9.14. The number of nitrogens with zero attached hydrogens (tertiary/aromatic N) is 4. The van der Waals surface area contributed by atoms with E-state index in [-0.39, 0.29) is 27.8 Å². The van der Waals surface area contributed by atoms with Crippen LogP contribution < -0.4 is 20.1 Å². The topological polar surface area (TPSA) is 128 Å². The summed E-state index contributed by atoms with van der Waals surface area (Å²) in [5.41, 5.74) is 5.49. The fraction of sp³-hybridized carbons (Fsp3) is 0.156. The summed E-state index contributed by atoms with van der Waals surface area (Å²) >= 11 is 1.18. The molecule has 0 bridgehead atoms. The molecule has 0 saturated heterocycles. The zero-order valence-electron chi connectivity index (χ0n) is 30.8. The monoisotopic (exact) mass is 845 g/mol. The van der Waals surface area contributed by atoms with E-state index in [2.05, 4.69) is 10.6 Å². The summed E-state index contributed by atoms with van der Waals surface area (Å²) in [6.07, 6.45) is 1.33. The molecule has 8 rings (SSSR count). The number of nitrogens with one attached hydrogen (secondary N) is 2. The van der Waals surface area contributed by atoms with Gasteiger partial charge >= 0.3 is 302 Å². The Labute approximate surface area is 336 Å². The number of aromatic nitrogens is 4. The Balaban J connectivity index is 1.04. The zero-order chi connectivity index (χ0) is 38.6. The van der Waals surface area contributed by atoms with E-state index in [1.165, 1.54) is 22.5 Å². The van der Waals surface area contributed by atoms with E-state index in [0.29, 0.717) is 91.1 Å². The van der Waals surface area contributed by atoms with Crippen molar-refractivity contribution in [2.45, 2.75) is 42.7 Å². The van der Waals surface area contributed by atoms with Crippen LogP contribution in [0, 0.1) is 0 Å². The second-order valence-electron chi connectivity index (χ2n) is 13.4. The molecule has 56 heavy (non-hydrogen) atoms. The average Bonchev–Trinajstić information content (AvgIpc) is 3.23. The van der Waals surface area contributed by atoms with Gasteiger partial charge in [0, 0.05) is 0 Å². The number of amides is 2. The molecule has 11 heteroatoms. The van der Waals surface area contributed by atoms with Gasteiger partial charge < -0.3 is 0 Å². The Morgan fingerprint density at radius 1 is 0.500 bits per heavy atom. The molecule has 2 atom stereocenters. The van der Waals surface area contributed by atoms with Gasteiger partial charge in [-0.2, -0.15) is 0 Å². The van der Waals surface area contributed by atoms with E-state index in [9.17, 15) is 9.59 Å². The first-order chi connectivity index (χ1) is 27.4. The Morgan fingerprint density at radius 3 is 1.27 bits per heavy atom. The number of hydrogen-bond acceptors (Lipinski definition) is 8. The maximum absolute atomic E-state index is 14.1. The fourth-order valence-corrected chi connectivity index (χ4v) is 8.64. The molecule has 2 aromatic heterocycles. The number of benzene rings is 6. The van der Waals surface area contributed by atoms with Gasteiger partial charge in [-0.05, 0) is 0 Å². The van der Waals surface area contributed by atoms with Gasteiger partial charge in [-0.1, -0.05) is 36.4 Å². The summed E-state index contributed by atoms with van der Waals surface area (Å²) in [6.45, 7) is 4.08. The van der Waals surface area contributed by atoms with Crippen molar-refractivity contribution >= 4 is 78.5 Å². The predicted molar refractivity (Wildman–Crippen MR) is 220 cm³/mol. The summed E-state index contributed by atoms with van der Waals surface area (Å²) in [5.74, 6) is 1.95. The van der Waals surface area contributed by atoms with Crippen molar-refractivity contribution in [3.05, 3.63) is 145 Å². The number of para-hydroxylation sites is 6. The van der Waals surface area contributed by atoms with E-state index in [1.807, 2.05) is 135 Å². The molecular weight excluding hydrogens is 807 g/mol. The molecule has 0 spiro atoms. The third kappa shape index (κ3) is 7.57. The van der Waals surface area contributed by atoms with Gasteiger partial charge in [0.25, 0.3) is 0 Å². The van der Waals surface area contributed by atoms with Crippen LogP contribution in [0.15, 0.2) is 133 Å². The number of ether oxygens (including phenoxy) is 2. The third-order valence-electron chi connectivity index (χ3n) is 9.72. The van der Waals surface area contributed by atoms with Crippen LogP contribution in [0.2, 0.25) is 3.93 Å². The van der Waals surface area contributed by atoms with Crippen molar-refractivity contribution in [1.29, 1.82) is 0 Å². The summed E-state index contributed by atoms with van der Waals surface area (Å²) < 4.78 is 12.3. The second-order valence-corrected chi connectivity index (χ2v) is 15.3. The average molecular weight is 845 g/mol. The molecular formula is C45H37N6O4Sn. The summed E-state index contributed by atoms with van der Waals surface area (Å²) in [5, 5.41) is 6.56. The van der Waals surface area contributed by atoms with Gasteiger partial charge in [-0.25, -0.2) is 0 Å². The van der Waals surface area contributed by atoms with E-state index in [4.69, 9.17) is 29.4 Å². The first kappa shape index (κ1) is 36.8. The zero-order valence-corrected chi connectivity index (χ0v) is 33.6. The van der Waals surface area contributed by atoms with Crippen molar-refractivity contribution < 1.29 is 19.1 Å². The van der Waals surface area contributed by atoms with Gasteiger partial charge in [0.1, 0.15) is 0 Å². The van der Waals surface area contributed by atoms with E-state index in [1.54, 1.807) is 12.1 Å². The Bertz CT molecular complexity index is 2530. The van der Waals surface area contributed by atoms with E-state index >= 15 is 0 Å². The van der Waals surface area contributed by atoms with Crippen molar-refractivity contribution in [2.24, 2.45) is 0 Å². The molecule has 10 nitrogen and oxygen atoms in total. The molecule has 0 aliphatic heterocycles. The minimum atomic E-state index is -0.254. The maximum atomic E-state index is 14.1. The van der Waals surface area contributed by atoms with Gasteiger partial charge in [-0.15, -0.1) is 0 Å². The first-order valence-electron chi connectivity index (χ1n) is 18.6. The molecule has 0 aliphatic carbocycles. The molecule has 3 radical (unpaired) electrons. The van der Waals surface area contributed by atoms with Crippen molar-refractivity contribution in [3.63, 3.8) is 0 Å². The number of carbonyl (C=O) groups is 2. The molecule has 8 aromatic rings. The Hall–Kier alpha value is -6.14. The molecule has 0 aliphatic rings. The molecule has 2 amide bonds. The van der Waals surface area contributed by atoms with Crippen LogP contribution in [-0.2, 0) is 0 Å². The van der Waals surface area contributed by atoms with Crippen LogP contribution in [-0.4, -0.2) is 66.4 Å². The number of rotatable bonds is 12. The molecule has 6 aromatic carbocycles. The standard InChI is InChI=1S/C45H37N6O4.Sn/c1-3-28(46-44(52)32-19-11-21-34-40(32)50-42-36(48-34)23-13-25-38(42)54-30-15-7-5-8-16-30)27-29(4-2)47-45(53)33-20-12-22-35-41(33)51-43-37(49-35)24-14-26-39(43)55-31-17-9-6-10-18-31;/h5-29H,3-4H2,1-2H3,(H,46,52)(H,47,53);. The van der Waals surface area contributed by atoms with E-state index in [0.717, 1.165) is 0 Å². The minimum absolute atomic E-state index is 0.0365. The van der Waals surface area contributed by atoms with Crippen LogP contribution in [0.25, 0.3) is 44.1 Å². The summed E-state index contributed by atoms with van der Waals surface area (Å²) in [6, 6.07) is 40.7. The number of fused-ring (bicyclic) bond motifs is 4. The summed E-state index contributed by atoms with van der Waals surface area (Å²) in [7, 11) is 0. The van der Waals surface area contributed by atoms with Crippen molar-refractivity contribution in [1.82, 2.24) is 30.6 Å². The summed E-state index contributed by atoms with van der Waals surface area (Å²) in [4.78, 5) is 47.7. The first-order valence-corrected chi connectivity index (χ1v) is 20.2. The van der Waals surface area contributed by atoms with Gasteiger partial charge in [0.05, 0.1) is 0 Å². The molecule has 0 saturated carbocycles. The van der Waals surface area contributed by atoms with Gasteiger partial charge in [0.2, 0.25) is 0 Å². The molecule has 0 fully saturated rings. The van der Waals surface area contributed by atoms with Crippen LogP contribution in [0.1, 0.15) is 47.4 Å². The number of carbonyl (C=O) groups excluding carboxylic acids is 2. The quantitative estimate of drug-likeness (QED) is 0.0921. The van der Waals surface area contributed by atoms with Crippen molar-refractivity contribution in [3.8, 4) is 23.0 Å².